The van der Waals surface area contributed by atoms with E-state index < -0.39 is 16.4 Å². The summed E-state index contributed by atoms with van der Waals surface area (Å²) in [6, 6.07) is 4.09. The fourth-order valence-corrected chi connectivity index (χ4v) is 1.74. The number of aryl methyl sites for hydroxylation is 2. The lowest BCUT2D eigenvalue weighted by atomic mass is 10.2. The Morgan fingerprint density at radius 3 is 2.65 bits per heavy atom. The molecule has 1 aromatic heterocycles. The third-order valence-corrected chi connectivity index (χ3v) is 2.71. The van der Waals surface area contributed by atoms with Gasteiger partial charge in [-0.15, -0.1) is 0 Å². The summed E-state index contributed by atoms with van der Waals surface area (Å²) in [6.07, 6.45) is 0. The Hall–Kier alpha value is -2.28. The van der Waals surface area contributed by atoms with Crippen LogP contribution in [0.5, 0.6) is 11.6 Å². The van der Waals surface area contributed by atoms with Crippen LogP contribution in [-0.4, -0.2) is 14.9 Å². The highest BCUT2D eigenvalue weighted by atomic mass is 35.5. The van der Waals surface area contributed by atoms with E-state index in [9.17, 15) is 14.5 Å². The maximum atomic E-state index is 13.4. The van der Waals surface area contributed by atoms with E-state index in [-0.39, 0.29) is 22.6 Å². The average molecular weight is 298 g/mol. The second-order valence-electron chi connectivity index (χ2n) is 4.00. The number of hydrogen-bond acceptors (Lipinski definition) is 5. The van der Waals surface area contributed by atoms with Gasteiger partial charge < -0.3 is 4.74 Å². The number of halogens is 2. The van der Waals surface area contributed by atoms with Crippen LogP contribution in [0.3, 0.4) is 0 Å². The van der Waals surface area contributed by atoms with Crippen LogP contribution in [0.1, 0.15) is 11.3 Å². The molecule has 0 spiro atoms. The Morgan fingerprint density at radius 1 is 1.35 bits per heavy atom. The minimum absolute atomic E-state index is 0.0672. The molecular weight excluding hydrogens is 289 g/mol. The molecule has 20 heavy (non-hydrogen) atoms. The summed E-state index contributed by atoms with van der Waals surface area (Å²) in [4.78, 5) is 17.7. The molecule has 8 heteroatoms. The van der Waals surface area contributed by atoms with Gasteiger partial charge in [0.2, 0.25) is 5.28 Å². The Labute approximate surface area is 118 Å². The smallest absolute Gasteiger partial charge is 0.352 e. The summed E-state index contributed by atoms with van der Waals surface area (Å²) in [5.74, 6) is -0.719. The van der Waals surface area contributed by atoms with Crippen molar-refractivity contribution in [2.45, 2.75) is 13.8 Å². The van der Waals surface area contributed by atoms with Gasteiger partial charge in [0, 0.05) is 6.07 Å². The van der Waals surface area contributed by atoms with Gasteiger partial charge in [0.15, 0.2) is 0 Å². The summed E-state index contributed by atoms with van der Waals surface area (Å²) < 4.78 is 18.7. The van der Waals surface area contributed by atoms with Crippen molar-refractivity contribution in [1.29, 1.82) is 0 Å². The van der Waals surface area contributed by atoms with Gasteiger partial charge in [-0.3, -0.25) is 10.1 Å². The largest absolute Gasteiger partial charge is 0.433 e. The zero-order valence-corrected chi connectivity index (χ0v) is 11.3. The molecule has 0 saturated carbocycles. The first-order valence-corrected chi connectivity index (χ1v) is 5.89. The molecule has 0 aliphatic rings. The molecule has 0 unspecified atom stereocenters. The fraction of sp³-hybridized carbons (Fsp3) is 0.167. The highest BCUT2D eigenvalue weighted by Gasteiger charge is 2.24. The van der Waals surface area contributed by atoms with Gasteiger partial charge in [-0.2, -0.15) is 4.98 Å². The number of benzene rings is 1. The van der Waals surface area contributed by atoms with Crippen LogP contribution in [0.2, 0.25) is 5.28 Å². The Morgan fingerprint density at radius 2 is 2.05 bits per heavy atom. The SMILES string of the molecule is Cc1ccc(Oc2nc(Cl)nc(C)c2[N+](=O)[O-])cc1F. The summed E-state index contributed by atoms with van der Waals surface area (Å²) in [7, 11) is 0. The monoisotopic (exact) mass is 297 g/mol. The second kappa shape index (κ2) is 5.38. The standard InChI is InChI=1S/C12H9ClFN3O3/c1-6-3-4-8(5-9(6)14)20-11-10(17(18)19)7(2)15-12(13)16-11/h3-5H,1-2H3. The van der Waals surface area contributed by atoms with Gasteiger partial charge >= 0.3 is 11.6 Å². The zero-order chi connectivity index (χ0) is 14.9. The summed E-state index contributed by atoms with van der Waals surface area (Å²) in [5.41, 5.74) is 0.0942. The predicted octanol–water partition coefficient (Wildman–Crippen LogP) is 3.59. The van der Waals surface area contributed by atoms with Crippen molar-refractivity contribution in [1.82, 2.24) is 9.97 Å². The first-order valence-electron chi connectivity index (χ1n) is 5.51. The third kappa shape index (κ3) is 2.83. The van der Waals surface area contributed by atoms with Gasteiger partial charge in [0.25, 0.3) is 0 Å². The average Bonchev–Trinajstić information content (AvgIpc) is 2.32. The van der Waals surface area contributed by atoms with Crippen molar-refractivity contribution in [2.24, 2.45) is 0 Å². The van der Waals surface area contributed by atoms with E-state index in [1.807, 2.05) is 0 Å². The highest BCUT2D eigenvalue weighted by molar-refractivity contribution is 6.28. The molecule has 2 rings (SSSR count). The van der Waals surface area contributed by atoms with E-state index in [2.05, 4.69) is 9.97 Å². The van der Waals surface area contributed by atoms with E-state index in [1.165, 1.54) is 19.1 Å². The first kappa shape index (κ1) is 14.1. The number of aromatic nitrogens is 2. The molecule has 0 atom stereocenters. The van der Waals surface area contributed by atoms with Crippen molar-refractivity contribution in [3.8, 4) is 11.6 Å². The number of ether oxygens (including phenoxy) is 1. The molecule has 0 aliphatic heterocycles. The van der Waals surface area contributed by atoms with Crippen LogP contribution in [-0.2, 0) is 0 Å². The van der Waals surface area contributed by atoms with Crippen molar-refractivity contribution < 1.29 is 14.1 Å². The maximum Gasteiger partial charge on any atom is 0.352 e. The van der Waals surface area contributed by atoms with E-state index in [0.29, 0.717) is 5.56 Å². The molecule has 1 heterocycles. The summed E-state index contributed by atoms with van der Waals surface area (Å²) in [6.45, 7) is 3.00. The molecule has 0 aliphatic carbocycles. The molecule has 0 saturated heterocycles. The van der Waals surface area contributed by atoms with Crippen LogP contribution < -0.4 is 4.74 Å². The number of nitrogens with zero attached hydrogens (tertiary/aromatic N) is 3. The molecule has 0 bridgehead atoms. The van der Waals surface area contributed by atoms with Crippen LogP contribution in [0.4, 0.5) is 10.1 Å². The van der Waals surface area contributed by atoms with Crippen LogP contribution in [0, 0.1) is 29.8 Å². The van der Waals surface area contributed by atoms with Crippen molar-refractivity contribution >= 4 is 17.3 Å². The molecule has 6 nitrogen and oxygen atoms in total. The molecule has 0 N–H and O–H groups in total. The minimum atomic E-state index is -0.675. The van der Waals surface area contributed by atoms with Crippen LogP contribution in [0.15, 0.2) is 18.2 Å². The molecular formula is C12H9ClFN3O3. The first-order chi connectivity index (χ1) is 9.38. The molecule has 0 fully saturated rings. The molecule has 0 amide bonds. The summed E-state index contributed by atoms with van der Waals surface area (Å²) >= 11 is 5.65. The Balaban J connectivity index is 2.47. The molecule has 0 radical (unpaired) electrons. The minimum Gasteiger partial charge on any atom is -0.433 e. The fourth-order valence-electron chi connectivity index (χ4n) is 1.54. The number of rotatable bonds is 3. The van der Waals surface area contributed by atoms with E-state index in [0.717, 1.165) is 6.07 Å². The molecule has 104 valence electrons. The third-order valence-electron chi connectivity index (χ3n) is 2.54. The molecule has 2 aromatic rings. The van der Waals surface area contributed by atoms with Gasteiger partial charge in [0.05, 0.1) is 4.92 Å². The topological polar surface area (TPSA) is 78.2 Å². The van der Waals surface area contributed by atoms with E-state index in [4.69, 9.17) is 16.3 Å². The Kier molecular flexibility index (Phi) is 3.80. The predicted molar refractivity (Wildman–Crippen MR) is 69.6 cm³/mol. The van der Waals surface area contributed by atoms with Crippen molar-refractivity contribution in [3.63, 3.8) is 0 Å². The highest BCUT2D eigenvalue weighted by Crippen LogP contribution is 2.32. The van der Waals surface area contributed by atoms with Gasteiger partial charge in [0.1, 0.15) is 17.3 Å². The number of nitro groups is 1. The lowest BCUT2D eigenvalue weighted by molar-refractivity contribution is -0.386. The van der Waals surface area contributed by atoms with E-state index in [1.54, 1.807) is 6.92 Å². The summed E-state index contributed by atoms with van der Waals surface area (Å²) in [5, 5.41) is 10.8. The van der Waals surface area contributed by atoms with Gasteiger partial charge in [-0.25, -0.2) is 9.37 Å². The van der Waals surface area contributed by atoms with Crippen LogP contribution in [0.25, 0.3) is 0 Å². The Bertz CT molecular complexity index is 694. The van der Waals surface area contributed by atoms with Crippen molar-refractivity contribution in [2.75, 3.05) is 0 Å². The maximum absolute atomic E-state index is 13.4. The van der Waals surface area contributed by atoms with Gasteiger partial charge in [-0.05, 0) is 37.1 Å². The quantitative estimate of drug-likeness (QED) is 0.491. The number of hydrogen-bond donors (Lipinski definition) is 0. The van der Waals surface area contributed by atoms with Crippen molar-refractivity contribution in [3.05, 3.63) is 50.7 Å². The van der Waals surface area contributed by atoms with Crippen LogP contribution >= 0.6 is 11.6 Å². The normalized spacial score (nSPS) is 10.4. The lowest BCUT2D eigenvalue weighted by Crippen LogP contribution is -2.01. The lowest BCUT2D eigenvalue weighted by Gasteiger charge is -2.07. The zero-order valence-electron chi connectivity index (χ0n) is 10.6. The van der Waals surface area contributed by atoms with E-state index >= 15 is 0 Å². The second-order valence-corrected chi connectivity index (χ2v) is 4.34. The van der Waals surface area contributed by atoms with Gasteiger partial charge in [-0.1, -0.05) is 6.07 Å². The molecule has 1 aromatic carbocycles.